The molecule has 0 aliphatic heterocycles. The van der Waals surface area contributed by atoms with Crippen molar-refractivity contribution in [3.8, 4) is 11.9 Å². The quantitative estimate of drug-likeness (QED) is 0.918. The predicted molar refractivity (Wildman–Crippen MR) is 77.4 cm³/mol. The standard InChI is InChI=1S/C14H15ClN4O/c1-2-6-19-13(17)12(8-16)14(18-19)20-9-10-4-3-5-11(15)7-10/h3-5,7H,2,6,9,17H2,1H3. The van der Waals surface area contributed by atoms with E-state index in [2.05, 4.69) is 5.10 Å². The van der Waals surface area contributed by atoms with E-state index in [1.807, 2.05) is 25.1 Å². The van der Waals surface area contributed by atoms with Crippen molar-refractivity contribution in [1.82, 2.24) is 9.78 Å². The summed E-state index contributed by atoms with van der Waals surface area (Å²) in [6.45, 7) is 2.96. The molecule has 0 saturated heterocycles. The molecule has 1 heterocycles. The minimum atomic E-state index is 0.262. The van der Waals surface area contributed by atoms with Crippen LogP contribution in [0.4, 0.5) is 5.82 Å². The molecule has 104 valence electrons. The monoisotopic (exact) mass is 290 g/mol. The van der Waals surface area contributed by atoms with Gasteiger partial charge in [0.2, 0.25) is 0 Å². The summed E-state index contributed by atoms with van der Waals surface area (Å²) in [5, 5.41) is 14.0. The first-order valence-corrected chi connectivity index (χ1v) is 6.67. The van der Waals surface area contributed by atoms with Gasteiger partial charge in [-0.2, -0.15) is 5.26 Å². The molecule has 1 aromatic heterocycles. The van der Waals surface area contributed by atoms with Crippen molar-refractivity contribution < 1.29 is 4.74 Å². The van der Waals surface area contributed by atoms with Gasteiger partial charge in [0.1, 0.15) is 18.5 Å². The Balaban J connectivity index is 2.17. The smallest absolute Gasteiger partial charge is 0.253 e. The largest absolute Gasteiger partial charge is 0.471 e. The minimum Gasteiger partial charge on any atom is -0.471 e. The average Bonchev–Trinajstić information content (AvgIpc) is 2.73. The molecule has 20 heavy (non-hydrogen) atoms. The highest BCUT2D eigenvalue weighted by Crippen LogP contribution is 2.24. The number of aromatic nitrogens is 2. The normalized spacial score (nSPS) is 10.2. The van der Waals surface area contributed by atoms with Gasteiger partial charge in [-0.25, -0.2) is 4.68 Å². The maximum Gasteiger partial charge on any atom is 0.253 e. The van der Waals surface area contributed by atoms with Crippen molar-refractivity contribution in [3.05, 3.63) is 40.4 Å². The van der Waals surface area contributed by atoms with Gasteiger partial charge in [0, 0.05) is 11.6 Å². The SMILES string of the molecule is CCCn1nc(OCc2cccc(Cl)c2)c(C#N)c1N. The number of hydrogen-bond donors (Lipinski definition) is 1. The Morgan fingerprint density at radius 3 is 2.95 bits per heavy atom. The number of hydrogen-bond acceptors (Lipinski definition) is 4. The van der Waals surface area contributed by atoms with Gasteiger partial charge in [0.05, 0.1) is 0 Å². The van der Waals surface area contributed by atoms with E-state index < -0.39 is 0 Å². The van der Waals surface area contributed by atoms with Crippen LogP contribution in [0.15, 0.2) is 24.3 Å². The van der Waals surface area contributed by atoms with E-state index in [1.165, 1.54) is 0 Å². The molecule has 0 radical (unpaired) electrons. The van der Waals surface area contributed by atoms with Gasteiger partial charge >= 0.3 is 0 Å². The summed E-state index contributed by atoms with van der Waals surface area (Å²) < 4.78 is 7.17. The highest BCUT2D eigenvalue weighted by molar-refractivity contribution is 6.30. The van der Waals surface area contributed by atoms with E-state index in [0.29, 0.717) is 17.4 Å². The molecule has 2 aromatic rings. The molecular formula is C14H15ClN4O. The number of nitrogens with two attached hydrogens (primary N) is 1. The number of ether oxygens (including phenoxy) is 1. The van der Waals surface area contributed by atoms with Crippen LogP contribution in [0.3, 0.4) is 0 Å². The van der Waals surface area contributed by atoms with Crippen LogP contribution in [-0.4, -0.2) is 9.78 Å². The van der Waals surface area contributed by atoms with Gasteiger partial charge < -0.3 is 10.5 Å². The van der Waals surface area contributed by atoms with Gasteiger partial charge in [0.25, 0.3) is 5.88 Å². The Morgan fingerprint density at radius 1 is 1.50 bits per heavy atom. The van der Waals surface area contributed by atoms with Crippen molar-refractivity contribution in [1.29, 1.82) is 5.26 Å². The van der Waals surface area contributed by atoms with Crippen molar-refractivity contribution in [3.63, 3.8) is 0 Å². The second kappa shape index (κ2) is 6.31. The van der Waals surface area contributed by atoms with Crippen LogP contribution in [0.5, 0.6) is 5.88 Å². The van der Waals surface area contributed by atoms with Crippen LogP contribution >= 0.6 is 11.6 Å². The number of aryl methyl sites for hydroxylation is 1. The molecule has 2 N–H and O–H groups in total. The van der Waals surface area contributed by atoms with Crippen LogP contribution in [0.25, 0.3) is 0 Å². The molecule has 0 spiro atoms. The topological polar surface area (TPSA) is 76.9 Å². The molecule has 0 amide bonds. The molecule has 0 atom stereocenters. The number of benzene rings is 1. The van der Waals surface area contributed by atoms with E-state index in [-0.39, 0.29) is 18.1 Å². The zero-order chi connectivity index (χ0) is 14.5. The van der Waals surface area contributed by atoms with Crippen molar-refractivity contribution in [2.75, 3.05) is 5.73 Å². The zero-order valence-electron chi connectivity index (χ0n) is 11.1. The molecule has 0 saturated carbocycles. The molecule has 0 fully saturated rings. The Hall–Kier alpha value is -2.19. The third-order valence-electron chi connectivity index (χ3n) is 2.77. The van der Waals surface area contributed by atoms with Crippen LogP contribution < -0.4 is 10.5 Å². The second-order valence-electron chi connectivity index (χ2n) is 4.32. The van der Waals surface area contributed by atoms with Crippen LogP contribution in [-0.2, 0) is 13.2 Å². The number of halogens is 1. The van der Waals surface area contributed by atoms with E-state index in [0.717, 1.165) is 12.0 Å². The highest BCUT2D eigenvalue weighted by atomic mass is 35.5. The van der Waals surface area contributed by atoms with Crippen LogP contribution in [0.2, 0.25) is 5.02 Å². The lowest BCUT2D eigenvalue weighted by Crippen LogP contribution is -2.04. The van der Waals surface area contributed by atoms with Crippen molar-refractivity contribution in [2.24, 2.45) is 0 Å². The fraction of sp³-hybridized carbons (Fsp3) is 0.286. The summed E-state index contributed by atoms with van der Waals surface area (Å²) in [6, 6.07) is 9.36. The van der Waals surface area contributed by atoms with E-state index >= 15 is 0 Å². The summed E-state index contributed by atoms with van der Waals surface area (Å²) in [4.78, 5) is 0. The first-order chi connectivity index (χ1) is 9.65. The number of anilines is 1. The lowest BCUT2D eigenvalue weighted by molar-refractivity contribution is 0.288. The first kappa shape index (κ1) is 14.2. The van der Waals surface area contributed by atoms with Crippen molar-refractivity contribution >= 4 is 17.4 Å². The van der Waals surface area contributed by atoms with Crippen molar-refractivity contribution in [2.45, 2.75) is 26.5 Å². The Morgan fingerprint density at radius 2 is 2.30 bits per heavy atom. The molecular weight excluding hydrogens is 276 g/mol. The summed E-state index contributed by atoms with van der Waals surface area (Å²) in [7, 11) is 0. The predicted octanol–water partition coefficient (Wildman–Crippen LogP) is 2.98. The fourth-order valence-electron chi connectivity index (χ4n) is 1.82. The van der Waals surface area contributed by atoms with E-state index in [9.17, 15) is 0 Å². The Labute approximate surface area is 122 Å². The van der Waals surface area contributed by atoms with Gasteiger partial charge in [-0.1, -0.05) is 30.7 Å². The molecule has 2 rings (SSSR count). The lowest BCUT2D eigenvalue weighted by Gasteiger charge is -2.03. The first-order valence-electron chi connectivity index (χ1n) is 6.29. The number of nitrogens with zero attached hydrogens (tertiary/aromatic N) is 3. The second-order valence-corrected chi connectivity index (χ2v) is 4.76. The van der Waals surface area contributed by atoms with Crippen LogP contribution in [0, 0.1) is 11.3 Å². The molecule has 0 aliphatic rings. The summed E-state index contributed by atoms with van der Waals surface area (Å²) in [5.74, 6) is 0.605. The zero-order valence-corrected chi connectivity index (χ0v) is 11.9. The summed E-state index contributed by atoms with van der Waals surface area (Å²) >= 11 is 5.91. The third kappa shape index (κ3) is 3.03. The fourth-order valence-corrected chi connectivity index (χ4v) is 2.03. The molecule has 1 aromatic carbocycles. The van der Waals surface area contributed by atoms with Gasteiger partial charge in [-0.15, -0.1) is 5.10 Å². The lowest BCUT2D eigenvalue weighted by atomic mass is 10.2. The molecule has 0 aliphatic carbocycles. The van der Waals surface area contributed by atoms with E-state index in [1.54, 1.807) is 16.8 Å². The number of nitrogen functional groups attached to an aromatic ring is 1. The van der Waals surface area contributed by atoms with Gasteiger partial charge in [-0.3, -0.25) is 0 Å². The number of rotatable bonds is 5. The minimum absolute atomic E-state index is 0.262. The summed E-state index contributed by atoms with van der Waals surface area (Å²) in [5.41, 5.74) is 7.06. The average molecular weight is 291 g/mol. The highest BCUT2D eigenvalue weighted by Gasteiger charge is 2.16. The molecule has 0 unspecified atom stereocenters. The summed E-state index contributed by atoms with van der Waals surface area (Å²) in [6.07, 6.45) is 0.879. The number of nitriles is 1. The third-order valence-corrected chi connectivity index (χ3v) is 3.01. The maximum absolute atomic E-state index is 9.14. The van der Waals surface area contributed by atoms with Gasteiger partial charge in [-0.05, 0) is 24.1 Å². The maximum atomic E-state index is 9.14. The Bertz CT molecular complexity index is 645. The van der Waals surface area contributed by atoms with E-state index in [4.69, 9.17) is 27.3 Å². The molecule has 6 heteroatoms. The van der Waals surface area contributed by atoms with Gasteiger partial charge in [0.15, 0.2) is 5.56 Å². The molecule has 0 bridgehead atoms. The molecule has 5 nitrogen and oxygen atoms in total. The Kier molecular flexibility index (Phi) is 4.49. The van der Waals surface area contributed by atoms with Crippen LogP contribution in [0.1, 0.15) is 24.5 Å².